The van der Waals surface area contributed by atoms with Crippen LogP contribution in [0.4, 0.5) is 5.69 Å². The van der Waals surface area contributed by atoms with Gasteiger partial charge in [-0.15, -0.1) is 0 Å². The molecule has 2 heterocycles. The van der Waals surface area contributed by atoms with Crippen LogP contribution in [0.1, 0.15) is 42.6 Å². The summed E-state index contributed by atoms with van der Waals surface area (Å²) < 4.78 is 6.08. The Balaban J connectivity index is 1.75. The van der Waals surface area contributed by atoms with Crippen molar-refractivity contribution in [2.24, 2.45) is 5.92 Å². The zero-order valence-corrected chi connectivity index (χ0v) is 12.2. The summed E-state index contributed by atoms with van der Waals surface area (Å²) in [4.78, 5) is 0. The number of fused-ring (bicyclic) bond motifs is 7. The van der Waals surface area contributed by atoms with Crippen LogP contribution < -0.4 is 5.32 Å². The number of anilines is 1. The molecule has 3 aliphatic rings. The second-order valence-corrected chi connectivity index (χ2v) is 6.66. The number of hydrogen-bond donors (Lipinski definition) is 1. The molecule has 0 amide bonds. The molecule has 0 bridgehead atoms. The van der Waals surface area contributed by atoms with E-state index in [-0.39, 0.29) is 0 Å². The minimum Gasteiger partial charge on any atom is -0.460 e. The maximum absolute atomic E-state index is 6.08. The zero-order valence-electron chi connectivity index (χ0n) is 12.2. The highest BCUT2D eigenvalue weighted by Gasteiger charge is 2.35. The van der Waals surface area contributed by atoms with Gasteiger partial charge in [-0.2, -0.15) is 0 Å². The standard InChI is InChI=1S/C19H19NO/c1-11-6-7-12-13-8-9-17-18(19(13)20-15(12)10-11)14-4-2-3-5-16(14)21-17/h2,4,6-9,11-12,15,20H,3,5,10H2,1H3. The van der Waals surface area contributed by atoms with Crippen molar-refractivity contribution < 1.29 is 4.42 Å². The van der Waals surface area contributed by atoms with Crippen molar-refractivity contribution in [3.05, 3.63) is 47.2 Å². The summed E-state index contributed by atoms with van der Waals surface area (Å²) >= 11 is 0. The van der Waals surface area contributed by atoms with Crippen LogP contribution in [-0.4, -0.2) is 6.04 Å². The van der Waals surface area contributed by atoms with Crippen LogP contribution in [0, 0.1) is 5.92 Å². The first-order valence-electron chi connectivity index (χ1n) is 8.01. The number of allylic oxidation sites excluding steroid dienone is 2. The van der Waals surface area contributed by atoms with Gasteiger partial charge in [0.2, 0.25) is 0 Å². The van der Waals surface area contributed by atoms with Crippen molar-refractivity contribution >= 4 is 22.7 Å². The Labute approximate surface area is 124 Å². The van der Waals surface area contributed by atoms with Crippen molar-refractivity contribution in [3.63, 3.8) is 0 Å². The third-order valence-corrected chi connectivity index (χ3v) is 5.22. The van der Waals surface area contributed by atoms with Crippen LogP contribution in [0.2, 0.25) is 0 Å². The highest BCUT2D eigenvalue weighted by molar-refractivity contribution is 6.01. The molecule has 5 rings (SSSR count). The molecule has 21 heavy (non-hydrogen) atoms. The Hall–Kier alpha value is -1.96. The summed E-state index contributed by atoms with van der Waals surface area (Å²) in [6, 6.07) is 4.97. The normalized spacial score (nSPS) is 29.1. The Morgan fingerprint density at radius 2 is 2.19 bits per heavy atom. The third-order valence-electron chi connectivity index (χ3n) is 5.22. The van der Waals surface area contributed by atoms with E-state index >= 15 is 0 Å². The summed E-state index contributed by atoms with van der Waals surface area (Å²) in [6.45, 7) is 2.30. The minimum absolute atomic E-state index is 0.527. The summed E-state index contributed by atoms with van der Waals surface area (Å²) in [5, 5.41) is 5.10. The molecule has 1 aliphatic heterocycles. The van der Waals surface area contributed by atoms with Gasteiger partial charge in [-0.05, 0) is 30.4 Å². The zero-order chi connectivity index (χ0) is 14.0. The molecule has 2 heteroatoms. The molecule has 1 aromatic carbocycles. The van der Waals surface area contributed by atoms with Gasteiger partial charge in [-0.25, -0.2) is 0 Å². The molecule has 1 N–H and O–H groups in total. The van der Waals surface area contributed by atoms with Gasteiger partial charge >= 0.3 is 0 Å². The van der Waals surface area contributed by atoms with Crippen LogP contribution in [-0.2, 0) is 6.42 Å². The highest BCUT2D eigenvalue weighted by Crippen LogP contribution is 2.47. The molecule has 0 spiro atoms. The smallest absolute Gasteiger partial charge is 0.137 e. The average molecular weight is 277 g/mol. The summed E-state index contributed by atoms with van der Waals surface area (Å²) in [5.74, 6) is 2.35. The van der Waals surface area contributed by atoms with Gasteiger partial charge in [0.25, 0.3) is 0 Å². The van der Waals surface area contributed by atoms with Gasteiger partial charge in [0.05, 0.1) is 11.1 Å². The SMILES string of the molecule is CC1C=CC2c3ccc4oc5c(c4c3NC2C1)C=CCC5. The van der Waals surface area contributed by atoms with Crippen molar-refractivity contribution in [1.82, 2.24) is 0 Å². The molecule has 3 atom stereocenters. The Bertz CT molecular complexity index is 795. The van der Waals surface area contributed by atoms with E-state index in [1.807, 2.05) is 0 Å². The lowest BCUT2D eigenvalue weighted by Gasteiger charge is -2.24. The number of furan rings is 1. The van der Waals surface area contributed by atoms with Crippen molar-refractivity contribution in [1.29, 1.82) is 0 Å². The molecular formula is C19H19NO. The highest BCUT2D eigenvalue weighted by atomic mass is 16.3. The van der Waals surface area contributed by atoms with Gasteiger partial charge in [-0.3, -0.25) is 0 Å². The third kappa shape index (κ3) is 1.53. The predicted octanol–water partition coefficient (Wildman–Crippen LogP) is 4.87. The van der Waals surface area contributed by atoms with Crippen LogP contribution in [0.15, 0.2) is 34.8 Å². The van der Waals surface area contributed by atoms with E-state index < -0.39 is 0 Å². The number of rotatable bonds is 0. The second kappa shape index (κ2) is 4.03. The Morgan fingerprint density at radius 3 is 3.14 bits per heavy atom. The molecule has 2 nitrogen and oxygen atoms in total. The van der Waals surface area contributed by atoms with Crippen molar-refractivity contribution in [2.45, 2.75) is 38.1 Å². The molecule has 0 saturated heterocycles. The average Bonchev–Trinajstić information content (AvgIpc) is 3.03. The molecule has 0 radical (unpaired) electrons. The molecule has 106 valence electrons. The van der Waals surface area contributed by atoms with Gasteiger partial charge in [0, 0.05) is 23.9 Å². The van der Waals surface area contributed by atoms with E-state index in [1.54, 1.807) is 0 Å². The first-order chi connectivity index (χ1) is 10.3. The quantitative estimate of drug-likeness (QED) is 0.695. The molecule has 1 aromatic heterocycles. The summed E-state index contributed by atoms with van der Waals surface area (Å²) in [6.07, 6.45) is 12.6. The first kappa shape index (κ1) is 11.7. The van der Waals surface area contributed by atoms with E-state index in [2.05, 4.69) is 48.7 Å². The number of nitrogens with one attached hydrogen (secondary N) is 1. The van der Waals surface area contributed by atoms with Gasteiger partial charge in [0.1, 0.15) is 11.3 Å². The van der Waals surface area contributed by atoms with Crippen LogP contribution in [0.25, 0.3) is 17.0 Å². The van der Waals surface area contributed by atoms with Crippen LogP contribution in [0.5, 0.6) is 0 Å². The minimum atomic E-state index is 0.527. The van der Waals surface area contributed by atoms with Crippen molar-refractivity contribution in [2.75, 3.05) is 5.32 Å². The lowest BCUT2D eigenvalue weighted by Crippen LogP contribution is -2.24. The maximum Gasteiger partial charge on any atom is 0.137 e. The van der Waals surface area contributed by atoms with Crippen molar-refractivity contribution in [3.8, 4) is 0 Å². The predicted molar refractivity (Wildman–Crippen MR) is 86.6 cm³/mol. The fraction of sp³-hybridized carbons (Fsp3) is 0.368. The van der Waals surface area contributed by atoms with Gasteiger partial charge < -0.3 is 9.73 Å². The lowest BCUT2D eigenvalue weighted by molar-refractivity contribution is 0.512. The second-order valence-electron chi connectivity index (χ2n) is 6.66. The van der Waals surface area contributed by atoms with Crippen LogP contribution >= 0.6 is 0 Å². The maximum atomic E-state index is 6.08. The van der Waals surface area contributed by atoms with Gasteiger partial charge in [0.15, 0.2) is 0 Å². The van der Waals surface area contributed by atoms with E-state index in [0.29, 0.717) is 17.9 Å². The molecule has 2 aliphatic carbocycles. The lowest BCUT2D eigenvalue weighted by atomic mass is 9.83. The number of hydrogen-bond acceptors (Lipinski definition) is 2. The fourth-order valence-corrected chi connectivity index (χ4v) is 4.21. The summed E-state index contributed by atoms with van der Waals surface area (Å²) in [7, 11) is 0. The molecule has 0 saturated carbocycles. The van der Waals surface area contributed by atoms with E-state index in [9.17, 15) is 0 Å². The largest absolute Gasteiger partial charge is 0.460 e. The molecular weight excluding hydrogens is 258 g/mol. The van der Waals surface area contributed by atoms with E-state index in [1.165, 1.54) is 28.6 Å². The molecule has 3 unspecified atom stereocenters. The Morgan fingerprint density at radius 1 is 1.24 bits per heavy atom. The number of aryl methyl sites for hydroxylation is 1. The van der Waals surface area contributed by atoms with Crippen LogP contribution in [0.3, 0.4) is 0 Å². The fourth-order valence-electron chi connectivity index (χ4n) is 4.21. The van der Waals surface area contributed by atoms with Gasteiger partial charge in [-0.1, -0.05) is 37.3 Å². The monoisotopic (exact) mass is 277 g/mol. The number of benzene rings is 1. The summed E-state index contributed by atoms with van der Waals surface area (Å²) in [5.41, 5.74) is 5.10. The molecule has 2 aromatic rings. The topological polar surface area (TPSA) is 25.2 Å². The van der Waals surface area contributed by atoms with E-state index in [0.717, 1.165) is 24.2 Å². The molecule has 0 fully saturated rings. The first-order valence-corrected chi connectivity index (χ1v) is 8.01. The van der Waals surface area contributed by atoms with E-state index in [4.69, 9.17) is 4.42 Å². The Kier molecular flexibility index (Phi) is 2.24.